The van der Waals surface area contributed by atoms with Crippen LogP contribution in [0.15, 0.2) is 0 Å². The minimum atomic E-state index is -0.151. The van der Waals surface area contributed by atoms with Crippen LogP contribution in [-0.4, -0.2) is 55.0 Å². The number of nitrogens with one attached hydrogen (secondary N) is 2. The van der Waals surface area contributed by atoms with Gasteiger partial charge in [0.15, 0.2) is 0 Å². The summed E-state index contributed by atoms with van der Waals surface area (Å²) < 4.78 is 0. The molecule has 6 heteroatoms. The molecule has 4 N–H and O–H groups in total. The molecule has 1 saturated heterocycles. The molecule has 2 atom stereocenters. The van der Waals surface area contributed by atoms with Crippen LogP contribution in [-0.2, 0) is 9.59 Å². The molecule has 0 radical (unpaired) electrons. The van der Waals surface area contributed by atoms with E-state index in [1.54, 1.807) is 0 Å². The van der Waals surface area contributed by atoms with Gasteiger partial charge < -0.3 is 16.4 Å². The zero-order valence-electron chi connectivity index (χ0n) is 12.9. The standard InChI is InChI=1S/C15H28N4O2/c1-19-10-11(16)9-13(19)15(21)17-8-7-14(20)18-12-5-3-2-4-6-12/h11-13H,2-10,16H2,1H3,(H,17,21)(H,18,20)/t11-,13-/m0/s1. The number of amides is 2. The monoisotopic (exact) mass is 296 g/mol. The Kier molecular flexibility index (Phi) is 5.99. The average Bonchev–Trinajstić information content (AvgIpc) is 2.79. The number of carbonyl (C=O) groups is 2. The average molecular weight is 296 g/mol. The molecule has 2 rings (SSSR count). The summed E-state index contributed by atoms with van der Waals surface area (Å²) in [6.07, 6.45) is 6.90. The second-order valence-electron chi connectivity index (χ2n) is 6.39. The van der Waals surface area contributed by atoms with Gasteiger partial charge in [-0.2, -0.15) is 0 Å². The summed E-state index contributed by atoms with van der Waals surface area (Å²) in [6, 6.07) is 0.252. The van der Waals surface area contributed by atoms with Gasteiger partial charge in [-0.1, -0.05) is 19.3 Å². The molecular formula is C15H28N4O2. The summed E-state index contributed by atoms with van der Waals surface area (Å²) in [6.45, 7) is 1.15. The Labute approximate surface area is 126 Å². The number of likely N-dealkylation sites (tertiary alicyclic amines) is 1. The number of rotatable bonds is 5. The van der Waals surface area contributed by atoms with Gasteiger partial charge in [0, 0.05) is 31.6 Å². The van der Waals surface area contributed by atoms with Gasteiger partial charge in [-0.05, 0) is 26.3 Å². The first-order chi connectivity index (χ1) is 10.1. The molecule has 1 aliphatic heterocycles. The van der Waals surface area contributed by atoms with Crippen LogP contribution in [0.2, 0.25) is 0 Å². The highest BCUT2D eigenvalue weighted by Crippen LogP contribution is 2.17. The van der Waals surface area contributed by atoms with Crippen molar-refractivity contribution in [3.63, 3.8) is 0 Å². The molecule has 1 heterocycles. The number of hydrogen-bond acceptors (Lipinski definition) is 4. The van der Waals surface area contributed by atoms with Crippen molar-refractivity contribution >= 4 is 11.8 Å². The lowest BCUT2D eigenvalue weighted by Crippen LogP contribution is -2.43. The third-order valence-corrected chi connectivity index (χ3v) is 4.50. The zero-order chi connectivity index (χ0) is 15.2. The fraction of sp³-hybridized carbons (Fsp3) is 0.867. The van der Waals surface area contributed by atoms with E-state index in [1.807, 2.05) is 11.9 Å². The van der Waals surface area contributed by atoms with Gasteiger partial charge in [0.2, 0.25) is 11.8 Å². The molecule has 1 saturated carbocycles. The Morgan fingerprint density at radius 2 is 1.95 bits per heavy atom. The predicted octanol–water partition coefficient (Wildman–Crippen LogP) is -0.0270. The number of hydrogen-bond donors (Lipinski definition) is 3. The van der Waals surface area contributed by atoms with Crippen molar-refractivity contribution in [3.8, 4) is 0 Å². The van der Waals surface area contributed by atoms with Gasteiger partial charge in [0.05, 0.1) is 6.04 Å². The molecule has 2 amide bonds. The van der Waals surface area contributed by atoms with E-state index in [0.29, 0.717) is 25.4 Å². The van der Waals surface area contributed by atoms with Crippen LogP contribution in [0.3, 0.4) is 0 Å². The maximum atomic E-state index is 12.0. The lowest BCUT2D eigenvalue weighted by molar-refractivity contribution is -0.125. The van der Waals surface area contributed by atoms with E-state index in [1.165, 1.54) is 19.3 Å². The van der Waals surface area contributed by atoms with Crippen LogP contribution in [0, 0.1) is 0 Å². The van der Waals surface area contributed by atoms with Gasteiger partial charge in [-0.25, -0.2) is 0 Å². The Morgan fingerprint density at radius 1 is 1.24 bits per heavy atom. The molecule has 21 heavy (non-hydrogen) atoms. The minimum Gasteiger partial charge on any atom is -0.354 e. The molecule has 2 fully saturated rings. The number of nitrogens with zero attached hydrogens (tertiary/aromatic N) is 1. The second kappa shape index (κ2) is 7.75. The van der Waals surface area contributed by atoms with Crippen molar-refractivity contribution in [3.05, 3.63) is 0 Å². The van der Waals surface area contributed by atoms with E-state index in [0.717, 1.165) is 19.4 Å². The van der Waals surface area contributed by atoms with E-state index in [2.05, 4.69) is 10.6 Å². The summed E-state index contributed by atoms with van der Waals surface area (Å²) in [5.41, 5.74) is 5.85. The summed E-state index contributed by atoms with van der Waals surface area (Å²) in [7, 11) is 1.91. The third-order valence-electron chi connectivity index (χ3n) is 4.50. The molecule has 0 unspecified atom stereocenters. The second-order valence-corrected chi connectivity index (χ2v) is 6.39. The smallest absolute Gasteiger partial charge is 0.237 e. The molecule has 0 aromatic carbocycles. The van der Waals surface area contributed by atoms with E-state index in [-0.39, 0.29) is 23.9 Å². The number of carbonyl (C=O) groups excluding carboxylic acids is 2. The summed E-state index contributed by atoms with van der Waals surface area (Å²) in [5.74, 6) is 0.0228. The molecule has 0 aromatic heterocycles. The first-order valence-corrected chi connectivity index (χ1v) is 8.09. The van der Waals surface area contributed by atoms with Crippen LogP contribution in [0.1, 0.15) is 44.9 Å². The normalized spacial score (nSPS) is 27.5. The SMILES string of the molecule is CN1C[C@@H](N)C[C@H]1C(=O)NCCC(=O)NC1CCCCC1. The molecule has 2 aliphatic rings. The van der Waals surface area contributed by atoms with Gasteiger partial charge in [0.1, 0.15) is 0 Å². The minimum absolute atomic E-state index is 0.0177. The van der Waals surface area contributed by atoms with Crippen molar-refractivity contribution in [1.82, 2.24) is 15.5 Å². The highest BCUT2D eigenvalue weighted by molar-refractivity contribution is 5.83. The van der Waals surface area contributed by atoms with Crippen LogP contribution in [0.5, 0.6) is 0 Å². The fourth-order valence-electron chi connectivity index (χ4n) is 3.31. The van der Waals surface area contributed by atoms with Crippen LogP contribution in [0.4, 0.5) is 0 Å². The van der Waals surface area contributed by atoms with Crippen LogP contribution < -0.4 is 16.4 Å². The molecule has 6 nitrogen and oxygen atoms in total. The first-order valence-electron chi connectivity index (χ1n) is 8.09. The highest BCUT2D eigenvalue weighted by atomic mass is 16.2. The van der Waals surface area contributed by atoms with E-state index >= 15 is 0 Å². The molecule has 1 aliphatic carbocycles. The topological polar surface area (TPSA) is 87.5 Å². The van der Waals surface area contributed by atoms with Gasteiger partial charge >= 0.3 is 0 Å². The quantitative estimate of drug-likeness (QED) is 0.665. The Balaban J connectivity index is 1.62. The van der Waals surface area contributed by atoms with Gasteiger partial charge in [-0.3, -0.25) is 14.5 Å². The van der Waals surface area contributed by atoms with E-state index in [9.17, 15) is 9.59 Å². The first kappa shape index (κ1) is 16.2. The van der Waals surface area contributed by atoms with E-state index < -0.39 is 0 Å². The Morgan fingerprint density at radius 3 is 2.57 bits per heavy atom. The molecule has 0 spiro atoms. The molecule has 120 valence electrons. The van der Waals surface area contributed by atoms with Crippen molar-refractivity contribution < 1.29 is 9.59 Å². The van der Waals surface area contributed by atoms with E-state index in [4.69, 9.17) is 5.73 Å². The van der Waals surface area contributed by atoms with Crippen LogP contribution >= 0.6 is 0 Å². The van der Waals surface area contributed by atoms with Crippen molar-refractivity contribution in [2.45, 2.75) is 63.1 Å². The maximum absolute atomic E-state index is 12.0. The number of likely N-dealkylation sites (N-methyl/N-ethyl adjacent to an activating group) is 1. The summed E-state index contributed by atoms with van der Waals surface area (Å²) in [4.78, 5) is 25.8. The molecule has 0 aromatic rings. The lowest BCUT2D eigenvalue weighted by Gasteiger charge is -2.23. The van der Waals surface area contributed by atoms with Crippen LogP contribution in [0.25, 0.3) is 0 Å². The van der Waals surface area contributed by atoms with Crippen molar-refractivity contribution in [1.29, 1.82) is 0 Å². The zero-order valence-corrected chi connectivity index (χ0v) is 12.9. The fourth-order valence-corrected chi connectivity index (χ4v) is 3.31. The number of nitrogens with two attached hydrogens (primary N) is 1. The highest BCUT2D eigenvalue weighted by Gasteiger charge is 2.32. The molecule has 0 bridgehead atoms. The Hall–Kier alpha value is -1.14. The lowest BCUT2D eigenvalue weighted by atomic mass is 9.95. The van der Waals surface area contributed by atoms with Gasteiger partial charge in [-0.15, -0.1) is 0 Å². The molecular weight excluding hydrogens is 268 g/mol. The van der Waals surface area contributed by atoms with Crippen molar-refractivity contribution in [2.75, 3.05) is 20.1 Å². The maximum Gasteiger partial charge on any atom is 0.237 e. The predicted molar refractivity (Wildman–Crippen MR) is 81.7 cm³/mol. The van der Waals surface area contributed by atoms with Crippen molar-refractivity contribution in [2.24, 2.45) is 5.73 Å². The Bertz CT molecular complexity index is 369. The van der Waals surface area contributed by atoms with Gasteiger partial charge in [0.25, 0.3) is 0 Å². The summed E-state index contributed by atoms with van der Waals surface area (Å²) >= 11 is 0. The largest absolute Gasteiger partial charge is 0.354 e. The third kappa shape index (κ3) is 4.97. The summed E-state index contributed by atoms with van der Waals surface area (Å²) in [5, 5.41) is 5.90.